The number of rotatable bonds is 3. The van der Waals surface area contributed by atoms with Crippen molar-refractivity contribution in [1.29, 1.82) is 5.26 Å². The molecule has 0 aliphatic carbocycles. The fourth-order valence-corrected chi connectivity index (χ4v) is 1.17. The maximum absolute atomic E-state index is 12.4. The van der Waals surface area contributed by atoms with E-state index in [4.69, 9.17) is 10.4 Å². The molecular formula is C10H7F3N2O2. The highest BCUT2D eigenvalue weighted by molar-refractivity contribution is 5.73. The van der Waals surface area contributed by atoms with Gasteiger partial charge < -0.3 is 10.4 Å². The second-order valence-electron chi connectivity index (χ2n) is 3.12. The van der Waals surface area contributed by atoms with Crippen LogP contribution < -0.4 is 5.32 Å². The molecule has 1 aromatic carbocycles. The third-order valence-corrected chi connectivity index (χ3v) is 1.89. The lowest BCUT2D eigenvalue weighted by atomic mass is 10.1. The van der Waals surface area contributed by atoms with Crippen LogP contribution in [0.1, 0.15) is 11.1 Å². The molecule has 0 heterocycles. The zero-order valence-corrected chi connectivity index (χ0v) is 8.38. The van der Waals surface area contributed by atoms with Crippen LogP contribution in [0, 0.1) is 11.3 Å². The summed E-state index contributed by atoms with van der Waals surface area (Å²) in [6.45, 7) is -0.434. The molecule has 7 heteroatoms. The molecule has 1 rings (SSSR count). The van der Waals surface area contributed by atoms with Crippen molar-refractivity contribution in [2.45, 2.75) is 6.18 Å². The largest absolute Gasteiger partial charge is 0.480 e. The molecule has 4 nitrogen and oxygen atoms in total. The number of benzene rings is 1. The van der Waals surface area contributed by atoms with Gasteiger partial charge in [-0.05, 0) is 18.2 Å². The van der Waals surface area contributed by atoms with E-state index in [0.717, 1.165) is 18.2 Å². The van der Waals surface area contributed by atoms with Crippen molar-refractivity contribution in [3.05, 3.63) is 29.3 Å². The molecule has 2 N–H and O–H groups in total. The van der Waals surface area contributed by atoms with Gasteiger partial charge in [0, 0.05) is 5.69 Å². The fraction of sp³-hybridized carbons (Fsp3) is 0.200. The Balaban J connectivity index is 3.02. The third kappa shape index (κ3) is 3.38. The van der Waals surface area contributed by atoms with Crippen LogP contribution in [0.15, 0.2) is 18.2 Å². The van der Waals surface area contributed by atoms with Crippen molar-refractivity contribution >= 4 is 11.7 Å². The number of hydrogen-bond donors (Lipinski definition) is 2. The van der Waals surface area contributed by atoms with Crippen LogP contribution in [0.25, 0.3) is 0 Å². The maximum atomic E-state index is 12.4. The van der Waals surface area contributed by atoms with Crippen molar-refractivity contribution in [3.63, 3.8) is 0 Å². The van der Waals surface area contributed by atoms with E-state index >= 15 is 0 Å². The third-order valence-electron chi connectivity index (χ3n) is 1.89. The van der Waals surface area contributed by atoms with Gasteiger partial charge in [0.25, 0.3) is 0 Å². The first-order valence-corrected chi connectivity index (χ1v) is 4.41. The van der Waals surface area contributed by atoms with Gasteiger partial charge in [0.1, 0.15) is 6.54 Å². The van der Waals surface area contributed by atoms with Crippen LogP contribution in [0.2, 0.25) is 0 Å². The average Bonchev–Trinajstić information content (AvgIpc) is 2.24. The summed E-state index contributed by atoms with van der Waals surface area (Å²) in [6, 6.07) is 4.20. The Hall–Kier alpha value is -2.23. The summed E-state index contributed by atoms with van der Waals surface area (Å²) >= 11 is 0. The Morgan fingerprint density at radius 2 is 2.12 bits per heavy atom. The number of hydrogen-bond acceptors (Lipinski definition) is 3. The number of carboxylic acids is 1. The maximum Gasteiger partial charge on any atom is 0.417 e. The lowest BCUT2D eigenvalue weighted by molar-refractivity contribution is -0.138. The van der Waals surface area contributed by atoms with Crippen molar-refractivity contribution < 1.29 is 23.1 Å². The monoisotopic (exact) mass is 244 g/mol. The lowest BCUT2D eigenvalue weighted by Crippen LogP contribution is -2.13. The van der Waals surface area contributed by atoms with Crippen LogP contribution in [0.3, 0.4) is 0 Å². The molecule has 0 bridgehead atoms. The van der Waals surface area contributed by atoms with Gasteiger partial charge in [0.05, 0.1) is 17.2 Å². The van der Waals surface area contributed by atoms with Gasteiger partial charge in [-0.2, -0.15) is 18.4 Å². The van der Waals surface area contributed by atoms with Crippen molar-refractivity contribution in [2.75, 3.05) is 11.9 Å². The standard InChI is InChI=1S/C10H7F3N2O2/c11-10(12,13)8-2-1-7(3-6(8)4-14)15-5-9(16)17/h1-3,15H,5H2,(H,16,17). The van der Waals surface area contributed by atoms with Crippen LogP contribution >= 0.6 is 0 Å². The molecule has 0 aromatic heterocycles. The van der Waals surface area contributed by atoms with Gasteiger partial charge in [-0.1, -0.05) is 0 Å². The molecule has 0 unspecified atom stereocenters. The van der Waals surface area contributed by atoms with E-state index in [0.29, 0.717) is 0 Å². The van der Waals surface area contributed by atoms with Gasteiger partial charge in [-0.25, -0.2) is 0 Å². The first kappa shape index (κ1) is 12.8. The number of halogens is 3. The van der Waals surface area contributed by atoms with E-state index in [9.17, 15) is 18.0 Å². The number of carboxylic acid groups (broad SMARTS) is 1. The quantitative estimate of drug-likeness (QED) is 0.853. The number of alkyl halides is 3. The molecule has 1 aromatic rings. The Kier molecular flexibility index (Phi) is 3.58. The average molecular weight is 244 g/mol. The smallest absolute Gasteiger partial charge is 0.417 e. The number of nitrogens with one attached hydrogen (secondary N) is 1. The molecule has 0 saturated carbocycles. The molecule has 0 spiro atoms. The first-order valence-electron chi connectivity index (χ1n) is 4.41. The van der Waals surface area contributed by atoms with Crippen molar-refractivity contribution in [1.82, 2.24) is 0 Å². The second kappa shape index (κ2) is 4.74. The first-order chi connectivity index (χ1) is 7.84. The highest BCUT2D eigenvalue weighted by Crippen LogP contribution is 2.32. The molecule has 0 radical (unpaired) electrons. The number of anilines is 1. The van der Waals surface area contributed by atoms with Gasteiger partial charge in [-0.15, -0.1) is 0 Å². The zero-order valence-electron chi connectivity index (χ0n) is 8.38. The highest BCUT2D eigenvalue weighted by Gasteiger charge is 2.33. The second-order valence-corrected chi connectivity index (χ2v) is 3.12. The molecule has 17 heavy (non-hydrogen) atoms. The molecule has 0 fully saturated rings. The minimum absolute atomic E-state index is 0.150. The molecule has 0 saturated heterocycles. The summed E-state index contributed by atoms with van der Waals surface area (Å²) in [4.78, 5) is 10.2. The molecule has 0 aliphatic rings. The van der Waals surface area contributed by atoms with E-state index in [1.807, 2.05) is 0 Å². The summed E-state index contributed by atoms with van der Waals surface area (Å²) in [5.41, 5.74) is -1.44. The molecule has 90 valence electrons. The Labute approximate surface area is 94.3 Å². The van der Waals surface area contributed by atoms with Crippen LogP contribution in [-0.4, -0.2) is 17.6 Å². The van der Waals surface area contributed by atoms with E-state index in [1.165, 1.54) is 6.07 Å². The number of nitriles is 1. The summed E-state index contributed by atoms with van der Waals surface area (Å²) in [6.07, 6.45) is -4.60. The fourth-order valence-electron chi connectivity index (χ4n) is 1.17. The summed E-state index contributed by atoms with van der Waals surface area (Å²) in [7, 11) is 0. The van der Waals surface area contributed by atoms with Gasteiger partial charge in [0.15, 0.2) is 0 Å². The van der Waals surface area contributed by atoms with E-state index < -0.39 is 29.8 Å². The van der Waals surface area contributed by atoms with E-state index in [2.05, 4.69) is 5.32 Å². The Bertz CT molecular complexity index is 477. The lowest BCUT2D eigenvalue weighted by Gasteiger charge is -2.10. The predicted molar refractivity (Wildman–Crippen MR) is 52.3 cm³/mol. The highest BCUT2D eigenvalue weighted by atomic mass is 19.4. The van der Waals surface area contributed by atoms with Crippen LogP contribution in [0.4, 0.5) is 18.9 Å². The summed E-state index contributed by atoms with van der Waals surface area (Å²) in [5, 5.41) is 19.3. The number of nitrogens with zero attached hydrogens (tertiary/aromatic N) is 1. The topological polar surface area (TPSA) is 73.1 Å². The van der Waals surface area contributed by atoms with Crippen molar-refractivity contribution in [3.8, 4) is 6.07 Å². The predicted octanol–water partition coefficient (Wildman–Crippen LogP) is 2.07. The Morgan fingerprint density at radius 1 is 1.47 bits per heavy atom. The molecule has 0 amide bonds. The van der Waals surface area contributed by atoms with Gasteiger partial charge >= 0.3 is 12.1 Å². The normalized spacial score (nSPS) is 10.7. The Morgan fingerprint density at radius 3 is 2.59 bits per heavy atom. The minimum Gasteiger partial charge on any atom is -0.480 e. The van der Waals surface area contributed by atoms with Crippen LogP contribution in [-0.2, 0) is 11.0 Å². The number of carbonyl (C=O) groups is 1. The van der Waals surface area contributed by atoms with Crippen LogP contribution in [0.5, 0.6) is 0 Å². The SMILES string of the molecule is N#Cc1cc(NCC(=O)O)ccc1C(F)(F)F. The summed E-state index contributed by atoms with van der Waals surface area (Å²) in [5.74, 6) is -1.15. The minimum atomic E-state index is -4.60. The van der Waals surface area contributed by atoms with Gasteiger partial charge in [-0.3, -0.25) is 4.79 Å². The zero-order chi connectivity index (χ0) is 13.1. The van der Waals surface area contributed by atoms with E-state index in [1.54, 1.807) is 0 Å². The number of aliphatic carboxylic acids is 1. The van der Waals surface area contributed by atoms with Gasteiger partial charge in [0.2, 0.25) is 0 Å². The van der Waals surface area contributed by atoms with E-state index in [-0.39, 0.29) is 5.69 Å². The van der Waals surface area contributed by atoms with Crippen molar-refractivity contribution in [2.24, 2.45) is 0 Å². The molecule has 0 atom stereocenters. The summed E-state index contributed by atoms with van der Waals surface area (Å²) < 4.78 is 37.2. The molecule has 0 aliphatic heterocycles. The molecular weight excluding hydrogens is 237 g/mol.